The number of hydrogen-bond acceptors (Lipinski definition) is 1. The topological polar surface area (TPSA) is 17.8 Å². The first-order valence-electron chi connectivity index (χ1n) is 20.1. The van der Waals surface area contributed by atoms with E-state index in [4.69, 9.17) is 4.98 Å². The molecule has 0 bridgehead atoms. The largest absolute Gasteiger partial charge is 0.309 e. The Bertz CT molecular complexity index is 3320. The minimum absolute atomic E-state index is 0.437. The minimum atomic E-state index is -0.437. The molecule has 58 heavy (non-hydrogen) atoms. The van der Waals surface area contributed by atoms with Crippen LogP contribution < -0.4 is 0 Å². The fourth-order valence-electron chi connectivity index (χ4n) is 10.0. The predicted molar refractivity (Wildman–Crippen MR) is 242 cm³/mol. The van der Waals surface area contributed by atoms with Gasteiger partial charge in [-0.15, -0.1) is 0 Å². The number of nitrogens with zero attached hydrogens (tertiary/aromatic N) is 2. The van der Waals surface area contributed by atoms with Crippen LogP contribution in [0.2, 0.25) is 0 Å². The fraction of sp³-hybridized carbons (Fsp3) is 0.0179. The fourth-order valence-corrected chi connectivity index (χ4v) is 10.0. The number of aromatic nitrogens is 2. The molecule has 270 valence electrons. The van der Waals surface area contributed by atoms with Crippen LogP contribution in [0.4, 0.5) is 0 Å². The zero-order chi connectivity index (χ0) is 38.2. The molecule has 2 aromatic heterocycles. The number of benzene rings is 9. The summed E-state index contributed by atoms with van der Waals surface area (Å²) in [6.45, 7) is 0. The second-order valence-electron chi connectivity index (χ2n) is 15.4. The van der Waals surface area contributed by atoms with Crippen LogP contribution in [0.5, 0.6) is 0 Å². The van der Waals surface area contributed by atoms with Crippen LogP contribution in [0.25, 0.3) is 82.7 Å². The van der Waals surface area contributed by atoms with Crippen molar-refractivity contribution in [3.05, 3.63) is 241 Å². The number of pyridine rings is 1. The van der Waals surface area contributed by atoms with Gasteiger partial charge in [-0.25, -0.2) is 4.98 Å². The Kier molecular flexibility index (Phi) is 7.18. The second-order valence-corrected chi connectivity index (χ2v) is 15.4. The van der Waals surface area contributed by atoms with Crippen molar-refractivity contribution >= 4 is 43.5 Å². The maximum absolute atomic E-state index is 5.38. The molecule has 11 aromatic rings. The SMILES string of the molecule is c1ccc(-n2c3ccccc3c3c4c(ccc32)c(-c2ccc(-c3ccc5c(c3)C(c3ccccc3)(c3ccccc3)c3ccccc3-5)cc2)nc2ccccc24)cc1. The van der Waals surface area contributed by atoms with E-state index in [9.17, 15) is 0 Å². The molecule has 0 aliphatic heterocycles. The van der Waals surface area contributed by atoms with E-state index in [0.29, 0.717) is 0 Å². The third-order valence-corrected chi connectivity index (χ3v) is 12.5. The molecule has 0 saturated carbocycles. The first-order chi connectivity index (χ1) is 28.8. The summed E-state index contributed by atoms with van der Waals surface area (Å²) in [4.78, 5) is 5.38. The van der Waals surface area contributed by atoms with Gasteiger partial charge < -0.3 is 4.57 Å². The molecule has 0 atom stereocenters. The van der Waals surface area contributed by atoms with Gasteiger partial charge in [-0.1, -0.05) is 182 Å². The molecule has 1 aliphatic carbocycles. The molecule has 1 aliphatic rings. The summed E-state index contributed by atoms with van der Waals surface area (Å²) in [5.41, 5.74) is 16.3. The van der Waals surface area contributed by atoms with Crippen LogP contribution in [-0.2, 0) is 5.41 Å². The van der Waals surface area contributed by atoms with E-state index in [2.05, 4.69) is 223 Å². The highest BCUT2D eigenvalue weighted by molar-refractivity contribution is 6.29. The zero-order valence-corrected chi connectivity index (χ0v) is 31.7. The lowest BCUT2D eigenvalue weighted by Crippen LogP contribution is -2.28. The Morgan fingerprint density at radius 1 is 0.362 bits per heavy atom. The van der Waals surface area contributed by atoms with E-state index in [-0.39, 0.29) is 0 Å². The third-order valence-electron chi connectivity index (χ3n) is 12.5. The summed E-state index contributed by atoms with van der Waals surface area (Å²) in [6.07, 6.45) is 0. The average molecular weight is 737 g/mol. The smallest absolute Gasteiger partial charge is 0.0788 e. The van der Waals surface area contributed by atoms with E-state index < -0.39 is 5.41 Å². The highest BCUT2D eigenvalue weighted by Crippen LogP contribution is 2.56. The molecule has 0 fully saturated rings. The summed E-state index contributed by atoms with van der Waals surface area (Å²) in [6, 6.07) is 79.7. The number of fused-ring (bicyclic) bond motifs is 10. The van der Waals surface area contributed by atoms with Gasteiger partial charge in [0.05, 0.1) is 27.7 Å². The lowest BCUT2D eigenvalue weighted by Gasteiger charge is -2.34. The summed E-state index contributed by atoms with van der Waals surface area (Å²) in [5, 5.41) is 6.06. The lowest BCUT2D eigenvalue weighted by molar-refractivity contribution is 0.769. The molecule has 9 aromatic carbocycles. The molecule has 0 radical (unpaired) electrons. The normalized spacial score (nSPS) is 13.0. The van der Waals surface area contributed by atoms with E-state index >= 15 is 0 Å². The first kappa shape index (κ1) is 32.7. The monoisotopic (exact) mass is 736 g/mol. The van der Waals surface area contributed by atoms with Crippen LogP contribution in [0.3, 0.4) is 0 Å². The van der Waals surface area contributed by atoms with Gasteiger partial charge >= 0.3 is 0 Å². The van der Waals surface area contributed by atoms with Gasteiger partial charge in [-0.2, -0.15) is 0 Å². The summed E-state index contributed by atoms with van der Waals surface area (Å²) in [7, 11) is 0. The van der Waals surface area contributed by atoms with Crippen molar-refractivity contribution < 1.29 is 0 Å². The maximum Gasteiger partial charge on any atom is 0.0788 e. The van der Waals surface area contributed by atoms with E-state index in [0.717, 1.165) is 27.8 Å². The van der Waals surface area contributed by atoms with Crippen molar-refractivity contribution in [1.82, 2.24) is 9.55 Å². The molecule has 2 heteroatoms. The molecule has 0 N–H and O–H groups in total. The van der Waals surface area contributed by atoms with Gasteiger partial charge in [0.25, 0.3) is 0 Å². The van der Waals surface area contributed by atoms with Crippen molar-refractivity contribution in [1.29, 1.82) is 0 Å². The molecule has 0 spiro atoms. The Labute approximate surface area is 336 Å². The van der Waals surface area contributed by atoms with E-state index in [1.54, 1.807) is 0 Å². The van der Waals surface area contributed by atoms with Crippen molar-refractivity contribution in [2.75, 3.05) is 0 Å². The standard InChI is InChI=1S/C56H36N2/c1-4-16-40(17-5-1)56(41-18-6-2-7-19-41)48-25-13-10-22-43(48)44-33-32-39(36-49(44)56)37-28-30-38(31-29-37)55-47-34-35-52-54(53(47)45-23-11-14-26-50(45)57-55)46-24-12-15-27-51(46)58(52)42-20-8-3-9-21-42/h1-36H. The van der Waals surface area contributed by atoms with Crippen molar-refractivity contribution in [3.63, 3.8) is 0 Å². The molecular weight excluding hydrogens is 701 g/mol. The van der Waals surface area contributed by atoms with Crippen LogP contribution in [0.1, 0.15) is 22.3 Å². The van der Waals surface area contributed by atoms with Gasteiger partial charge in [-0.3, -0.25) is 0 Å². The maximum atomic E-state index is 5.38. The Balaban J connectivity index is 1.04. The molecule has 0 unspecified atom stereocenters. The van der Waals surface area contributed by atoms with Gasteiger partial charge in [-0.05, 0) is 80.9 Å². The average Bonchev–Trinajstić information content (AvgIpc) is 3.80. The van der Waals surface area contributed by atoms with Crippen LogP contribution in [0, 0.1) is 0 Å². The molecule has 2 heterocycles. The predicted octanol–water partition coefficient (Wildman–Crippen LogP) is 14.2. The number of para-hydroxylation sites is 3. The van der Waals surface area contributed by atoms with Crippen molar-refractivity contribution in [3.8, 4) is 39.2 Å². The van der Waals surface area contributed by atoms with Gasteiger partial charge in [0, 0.05) is 38.2 Å². The summed E-state index contributed by atoms with van der Waals surface area (Å²) < 4.78 is 2.40. The number of rotatable bonds is 5. The highest BCUT2D eigenvalue weighted by atomic mass is 15.0. The quantitative estimate of drug-likeness (QED) is 0.161. The van der Waals surface area contributed by atoms with E-state index in [1.165, 1.54) is 77.1 Å². The molecular formula is C56H36N2. The van der Waals surface area contributed by atoms with Crippen LogP contribution in [-0.4, -0.2) is 9.55 Å². The molecule has 2 nitrogen and oxygen atoms in total. The van der Waals surface area contributed by atoms with Gasteiger partial charge in [0.1, 0.15) is 0 Å². The minimum Gasteiger partial charge on any atom is -0.309 e. The number of hydrogen-bond donors (Lipinski definition) is 0. The Morgan fingerprint density at radius 2 is 0.948 bits per heavy atom. The van der Waals surface area contributed by atoms with Gasteiger partial charge in [0.15, 0.2) is 0 Å². The summed E-state index contributed by atoms with van der Waals surface area (Å²) >= 11 is 0. The Morgan fingerprint density at radius 3 is 1.71 bits per heavy atom. The van der Waals surface area contributed by atoms with E-state index in [1.807, 2.05) is 0 Å². The van der Waals surface area contributed by atoms with Crippen molar-refractivity contribution in [2.45, 2.75) is 5.41 Å². The lowest BCUT2D eigenvalue weighted by atomic mass is 9.67. The molecule has 0 saturated heterocycles. The zero-order valence-electron chi connectivity index (χ0n) is 31.7. The Hall–Kier alpha value is -7.55. The van der Waals surface area contributed by atoms with Crippen molar-refractivity contribution in [2.24, 2.45) is 0 Å². The van der Waals surface area contributed by atoms with Gasteiger partial charge in [0.2, 0.25) is 0 Å². The third kappa shape index (κ3) is 4.63. The van der Waals surface area contributed by atoms with Crippen LogP contribution in [0.15, 0.2) is 218 Å². The second kappa shape index (κ2) is 12.7. The first-order valence-corrected chi connectivity index (χ1v) is 20.1. The summed E-state index contributed by atoms with van der Waals surface area (Å²) in [5.74, 6) is 0. The molecule has 0 amide bonds. The molecule has 12 rings (SSSR count). The highest BCUT2D eigenvalue weighted by Gasteiger charge is 2.46. The van der Waals surface area contributed by atoms with Crippen LogP contribution >= 0.6 is 0 Å².